The first-order chi connectivity index (χ1) is 17.3. The topological polar surface area (TPSA) is 106 Å². The van der Waals surface area contributed by atoms with Gasteiger partial charge < -0.3 is 14.5 Å². The number of hydrogen-bond donors (Lipinski definition) is 1. The largest absolute Gasteiger partial charge is 0.487 e. The van der Waals surface area contributed by atoms with Gasteiger partial charge in [0.05, 0.1) is 22.5 Å². The number of sulfonamides is 1. The third kappa shape index (κ3) is 4.33. The first-order valence-corrected chi connectivity index (χ1v) is 13.0. The van der Waals surface area contributed by atoms with E-state index >= 15 is 0 Å². The van der Waals surface area contributed by atoms with Crippen LogP contribution in [0.4, 0.5) is 11.4 Å². The lowest BCUT2D eigenvalue weighted by Gasteiger charge is -2.34. The quantitative estimate of drug-likeness (QED) is 0.426. The van der Waals surface area contributed by atoms with Crippen molar-refractivity contribution in [1.82, 2.24) is 0 Å². The lowest BCUT2D eigenvalue weighted by atomic mass is 10.1. The zero-order valence-electron chi connectivity index (χ0n) is 19.7. The highest BCUT2D eigenvalue weighted by Gasteiger charge is 2.32. The summed E-state index contributed by atoms with van der Waals surface area (Å²) in [6.45, 7) is 3.98. The molecule has 184 valence electrons. The van der Waals surface area contributed by atoms with Gasteiger partial charge in [-0.3, -0.25) is 13.9 Å². The number of fused-ring (bicyclic) bond motifs is 2. The van der Waals surface area contributed by atoms with E-state index in [1.807, 2.05) is 19.9 Å². The Morgan fingerprint density at radius 2 is 1.81 bits per heavy atom. The van der Waals surface area contributed by atoms with E-state index in [1.165, 1.54) is 28.6 Å². The fourth-order valence-corrected chi connectivity index (χ4v) is 5.69. The van der Waals surface area contributed by atoms with Crippen molar-refractivity contribution in [3.05, 3.63) is 94.3 Å². The Balaban J connectivity index is 1.38. The van der Waals surface area contributed by atoms with E-state index in [1.54, 1.807) is 36.4 Å². The normalized spacial score (nSPS) is 15.3. The molecule has 0 saturated carbocycles. The number of anilines is 2. The van der Waals surface area contributed by atoms with Crippen LogP contribution in [-0.2, 0) is 16.4 Å². The molecule has 0 fully saturated rings. The minimum absolute atomic E-state index is 0.0772. The molecule has 3 aromatic carbocycles. The number of rotatable bonds is 5. The summed E-state index contributed by atoms with van der Waals surface area (Å²) in [6, 6.07) is 19.3. The van der Waals surface area contributed by atoms with Crippen LogP contribution in [0.5, 0.6) is 5.75 Å². The molecule has 0 unspecified atom stereocenters. The average molecular weight is 505 g/mol. The zero-order valence-corrected chi connectivity index (χ0v) is 20.5. The predicted molar refractivity (Wildman–Crippen MR) is 137 cm³/mol. The van der Waals surface area contributed by atoms with Gasteiger partial charge in [0.1, 0.15) is 17.4 Å². The van der Waals surface area contributed by atoms with Crippen LogP contribution in [0.15, 0.2) is 86.9 Å². The summed E-state index contributed by atoms with van der Waals surface area (Å²) in [6.07, 6.45) is 0.471. The van der Waals surface area contributed by atoms with Crippen molar-refractivity contribution in [3.63, 3.8) is 0 Å². The maximum Gasteiger partial charge on any atom is 0.291 e. The molecule has 1 N–H and O–H groups in total. The number of benzene rings is 3. The van der Waals surface area contributed by atoms with Crippen LogP contribution in [0.1, 0.15) is 30.0 Å². The van der Waals surface area contributed by atoms with Crippen LogP contribution in [0, 0.1) is 0 Å². The van der Waals surface area contributed by atoms with Crippen LogP contribution < -0.4 is 19.8 Å². The molecule has 1 aromatic heterocycles. The van der Waals surface area contributed by atoms with Gasteiger partial charge in [-0.2, -0.15) is 0 Å². The van der Waals surface area contributed by atoms with Crippen molar-refractivity contribution in [2.75, 3.05) is 16.2 Å². The molecule has 0 radical (unpaired) electrons. The summed E-state index contributed by atoms with van der Waals surface area (Å²) in [4.78, 5) is 25.3. The minimum atomic E-state index is -3.86. The molecule has 1 aliphatic heterocycles. The monoisotopic (exact) mass is 504 g/mol. The summed E-state index contributed by atoms with van der Waals surface area (Å²) in [5.41, 5.74) is 1.85. The van der Waals surface area contributed by atoms with Gasteiger partial charge in [0.2, 0.25) is 0 Å². The Hall–Kier alpha value is -4.11. The standard InChI is InChI=1S/C27H24N2O6S/c1-3-18-8-13-24-21(14-18)23(30)15-26(35-24)27(31)28-19-9-11-20(12-10-19)36(32,33)29-16-17(2)34-25-7-5-4-6-22(25)29/h4-15,17H,3,16H2,1-2H3,(H,28,31)/t17-/m0/s1. The second kappa shape index (κ2) is 9.16. The SMILES string of the molecule is CCc1ccc2oc(C(=O)Nc3ccc(S(=O)(=O)N4C[C@H](C)Oc5ccccc54)cc3)cc(=O)c2c1. The Morgan fingerprint density at radius 3 is 2.56 bits per heavy atom. The lowest BCUT2D eigenvalue weighted by molar-refractivity contribution is 0.0997. The van der Waals surface area contributed by atoms with Crippen molar-refractivity contribution in [2.24, 2.45) is 0 Å². The summed E-state index contributed by atoms with van der Waals surface area (Å²) >= 11 is 0. The Labute approximate surface area is 208 Å². The molecule has 1 amide bonds. The molecule has 4 aromatic rings. The number of ether oxygens (including phenoxy) is 1. The maximum atomic E-state index is 13.4. The van der Waals surface area contributed by atoms with E-state index in [-0.39, 0.29) is 28.7 Å². The molecule has 8 nitrogen and oxygen atoms in total. The molecule has 1 aliphatic rings. The fraction of sp³-hybridized carbons (Fsp3) is 0.185. The number of carbonyl (C=O) groups excluding carboxylic acids is 1. The smallest absolute Gasteiger partial charge is 0.291 e. The van der Waals surface area contributed by atoms with Gasteiger partial charge >= 0.3 is 0 Å². The van der Waals surface area contributed by atoms with Crippen LogP contribution in [-0.4, -0.2) is 27.0 Å². The molecule has 2 heterocycles. The van der Waals surface area contributed by atoms with Crippen molar-refractivity contribution in [1.29, 1.82) is 0 Å². The molecule has 5 rings (SSSR count). The highest BCUT2D eigenvalue weighted by Crippen LogP contribution is 2.36. The number of nitrogens with zero attached hydrogens (tertiary/aromatic N) is 1. The number of hydrogen-bond acceptors (Lipinski definition) is 6. The number of carbonyl (C=O) groups is 1. The molecular weight excluding hydrogens is 480 g/mol. The van der Waals surface area contributed by atoms with Crippen LogP contribution in [0.2, 0.25) is 0 Å². The van der Waals surface area contributed by atoms with Crippen LogP contribution in [0.25, 0.3) is 11.0 Å². The summed E-state index contributed by atoms with van der Waals surface area (Å²) in [5, 5.41) is 3.07. The summed E-state index contributed by atoms with van der Waals surface area (Å²) < 4.78 is 39.5. The molecule has 0 aliphatic carbocycles. The average Bonchev–Trinajstić information content (AvgIpc) is 2.88. The third-order valence-corrected chi connectivity index (χ3v) is 7.80. The summed E-state index contributed by atoms with van der Waals surface area (Å²) in [7, 11) is -3.86. The molecular formula is C27H24N2O6S. The van der Waals surface area contributed by atoms with E-state index in [2.05, 4.69) is 5.32 Å². The number of amides is 1. The van der Waals surface area contributed by atoms with Gasteiger partial charge in [-0.25, -0.2) is 8.42 Å². The molecule has 1 atom stereocenters. The first-order valence-electron chi connectivity index (χ1n) is 11.5. The van der Waals surface area contributed by atoms with Crippen LogP contribution >= 0.6 is 0 Å². The van der Waals surface area contributed by atoms with E-state index in [0.29, 0.717) is 28.1 Å². The third-order valence-electron chi connectivity index (χ3n) is 6.01. The minimum Gasteiger partial charge on any atom is -0.487 e. The van der Waals surface area contributed by atoms with Crippen molar-refractivity contribution < 1.29 is 22.4 Å². The van der Waals surface area contributed by atoms with E-state index in [0.717, 1.165) is 18.1 Å². The highest BCUT2D eigenvalue weighted by molar-refractivity contribution is 7.92. The van der Waals surface area contributed by atoms with Crippen molar-refractivity contribution in [3.8, 4) is 5.75 Å². The second-order valence-electron chi connectivity index (χ2n) is 8.57. The Kier molecular flexibility index (Phi) is 6.01. The lowest BCUT2D eigenvalue weighted by Crippen LogP contribution is -2.42. The van der Waals surface area contributed by atoms with Crippen LogP contribution in [0.3, 0.4) is 0 Å². The van der Waals surface area contributed by atoms with Gasteiger partial charge in [-0.15, -0.1) is 0 Å². The van der Waals surface area contributed by atoms with E-state index in [9.17, 15) is 18.0 Å². The molecule has 0 spiro atoms. The van der Waals surface area contributed by atoms with Gasteiger partial charge in [-0.1, -0.05) is 25.1 Å². The molecule has 36 heavy (non-hydrogen) atoms. The number of nitrogens with one attached hydrogen (secondary N) is 1. The zero-order chi connectivity index (χ0) is 25.4. The summed E-state index contributed by atoms with van der Waals surface area (Å²) in [5.74, 6) is -0.237. The molecule has 0 saturated heterocycles. The highest BCUT2D eigenvalue weighted by atomic mass is 32.2. The molecule has 0 bridgehead atoms. The van der Waals surface area contributed by atoms with Gasteiger partial charge in [-0.05, 0) is 67.4 Å². The van der Waals surface area contributed by atoms with Gasteiger partial charge in [0.15, 0.2) is 11.2 Å². The van der Waals surface area contributed by atoms with E-state index in [4.69, 9.17) is 9.15 Å². The fourth-order valence-electron chi connectivity index (χ4n) is 4.14. The van der Waals surface area contributed by atoms with Crippen molar-refractivity contribution in [2.45, 2.75) is 31.3 Å². The van der Waals surface area contributed by atoms with E-state index < -0.39 is 15.9 Å². The second-order valence-corrected chi connectivity index (χ2v) is 10.4. The Morgan fingerprint density at radius 1 is 1.06 bits per heavy atom. The van der Waals surface area contributed by atoms with Crippen molar-refractivity contribution >= 4 is 38.3 Å². The predicted octanol–water partition coefficient (Wildman–Crippen LogP) is 4.58. The maximum absolute atomic E-state index is 13.4. The van der Waals surface area contributed by atoms with Gasteiger partial charge in [0, 0.05) is 11.8 Å². The Bertz CT molecular complexity index is 1630. The van der Waals surface area contributed by atoms with Gasteiger partial charge in [0.25, 0.3) is 15.9 Å². The first kappa shape index (κ1) is 23.6. The molecule has 9 heteroatoms. The number of aryl methyl sites for hydroxylation is 1. The number of para-hydroxylation sites is 2.